The molecular formula is C20H25N3. The first-order valence-electron chi connectivity index (χ1n) is 8.41. The quantitative estimate of drug-likeness (QED) is 0.796. The lowest BCUT2D eigenvalue weighted by atomic mass is 10.0. The Morgan fingerprint density at radius 3 is 2.13 bits per heavy atom. The van der Waals surface area contributed by atoms with E-state index in [0.29, 0.717) is 5.92 Å². The van der Waals surface area contributed by atoms with E-state index >= 15 is 0 Å². The molecule has 3 heteroatoms. The van der Waals surface area contributed by atoms with Gasteiger partial charge in [-0.1, -0.05) is 56.3 Å². The molecule has 2 aromatic rings. The van der Waals surface area contributed by atoms with Crippen LogP contribution in [0, 0.1) is 0 Å². The largest absolute Gasteiger partial charge is 0.368 e. The number of piperazine rings is 1. The molecular weight excluding hydrogens is 282 g/mol. The van der Waals surface area contributed by atoms with Crippen LogP contribution in [0.15, 0.2) is 59.7 Å². The fraction of sp³-hybridized carbons (Fsp3) is 0.350. The summed E-state index contributed by atoms with van der Waals surface area (Å²) in [5.74, 6) is 0.576. The molecule has 0 bridgehead atoms. The average molecular weight is 307 g/mol. The van der Waals surface area contributed by atoms with E-state index < -0.39 is 0 Å². The second-order valence-electron chi connectivity index (χ2n) is 6.34. The molecule has 0 N–H and O–H groups in total. The Morgan fingerprint density at radius 1 is 0.870 bits per heavy atom. The summed E-state index contributed by atoms with van der Waals surface area (Å²) in [6.07, 6.45) is 1.97. The number of benzene rings is 2. The molecule has 0 radical (unpaired) electrons. The highest BCUT2D eigenvalue weighted by Crippen LogP contribution is 2.16. The molecule has 0 spiro atoms. The van der Waals surface area contributed by atoms with Gasteiger partial charge in [-0.05, 0) is 29.2 Å². The molecule has 23 heavy (non-hydrogen) atoms. The molecule has 0 aliphatic carbocycles. The maximum absolute atomic E-state index is 4.64. The molecule has 1 saturated heterocycles. The Labute approximate surface area is 139 Å². The van der Waals surface area contributed by atoms with E-state index in [2.05, 4.69) is 83.5 Å². The van der Waals surface area contributed by atoms with Gasteiger partial charge in [-0.2, -0.15) is 5.10 Å². The molecule has 1 fully saturated rings. The Hall–Kier alpha value is -2.29. The van der Waals surface area contributed by atoms with Gasteiger partial charge < -0.3 is 4.90 Å². The van der Waals surface area contributed by atoms with Crippen molar-refractivity contribution in [1.29, 1.82) is 0 Å². The standard InChI is InChI=1S/C20H25N3/c1-17(2)19-10-8-18(9-11-19)16-21-23-14-12-22(13-15-23)20-6-4-3-5-7-20/h3-11,16-17H,12-15H2,1-2H3/b21-16-. The molecule has 2 aromatic carbocycles. The second kappa shape index (κ2) is 7.32. The van der Waals surface area contributed by atoms with Crippen LogP contribution in [0.3, 0.4) is 0 Å². The average Bonchev–Trinajstić information content (AvgIpc) is 2.61. The third kappa shape index (κ3) is 4.13. The van der Waals surface area contributed by atoms with E-state index in [1.165, 1.54) is 16.8 Å². The van der Waals surface area contributed by atoms with Crippen LogP contribution in [0.2, 0.25) is 0 Å². The summed E-state index contributed by atoms with van der Waals surface area (Å²) in [5.41, 5.74) is 3.85. The highest BCUT2D eigenvalue weighted by molar-refractivity contribution is 5.79. The summed E-state index contributed by atoms with van der Waals surface area (Å²) in [6.45, 7) is 8.41. The van der Waals surface area contributed by atoms with Crippen molar-refractivity contribution in [3.05, 3.63) is 65.7 Å². The number of para-hydroxylation sites is 1. The minimum Gasteiger partial charge on any atom is -0.368 e. The van der Waals surface area contributed by atoms with Crippen LogP contribution in [0.25, 0.3) is 0 Å². The zero-order valence-electron chi connectivity index (χ0n) is 14.0. The van der Waals surface area contributed by atoms with Crippen LogP contribution in [-0.2, 0) is 0 Å². The van der Waals surface area contributed by atoms with Crippen molar-refractivity contribution >= 4 is 11.9 Å². The van der Waals surface area contributed by atoms with Crippen LogP contribution in [0.1, 0.15) is 30.9 Å². The van der Waals surface area contributed by atoms with Gasteiger partial charge in [0.25, 0.3) is 0 Å². The Morgan fingerprint density at radius 2 is 1.52 bits per heavy atom. The van der Waals surface area contributed by atoms with Crippen molar-refractivity contribution in [2.45, 2.75) is 19.8 Å². The summed E-state index contributed by atoms with van der Waals surface area (Å²) in [6, 6.07) is 19.3. The van der Waals surface area contributed by atoms with Crippen LogP contribution in [0.5, 0.6) is 0 Å². The van der Waals surface area contributed by atoms with Gasteiger partial charge in [-0.3, -0.25) is 5.01 Å². The van der Waals surface area contributed by atoms with E-state index in [-0.39, 0.29) is 0 Å². The van der Waals surface area contributed by atoms with E-state index in [1.54, 1.807) is 0 Å². The highest BCUT2D eigenvalue weighted by Gasteiger charge is 2.15. The lowest BCUT2D eigenvalue weighted by molar-refractivity contribution is 0.272. The van der Waals surface area contributed by atoms with Gasteiger partial charge >= 0.3 is 0 Å². The second-order valence-corrected chi connectivity index (χ2v) is 6.34. The van der Waals surface area contributed by atoms with E-state index in [4.69, 9.17) is 0 Å². The lowest BCUT2D eigenvalue weighted by Crippen LogP contribution is -2.44. The fourth-order valence-electron chi connectivity index (χ4n) is 2.82. The number of rotatable bonds is 4. The van der Waals surface area contributed by atoms with Crippen molar-refractivity contribution in [2.24, 2.45) is 5.10 Å². The molecule has 3 rings (SSSR count). The normalized spacial score (nSPS) is 15.6. The first-order valence-corrected chi connectivity index (χ1v) is 8.41. The number of hydrogen-bond acceptors (Lipinski definition) is 3. The molecule has 0 unspecified atom stereocenters. The Bertz CT molecular complexity index is 624. The zero-order chi connectivity index (χ0) is 16.1. The maximum atomic E-state index is 4.64. The number of nitrogens with zero attached hydrogens (tertiary/aromatic N) is 3. The summed E-state index contributed by atoms with van der Waals surface area (Å²) < 4.78 is 0. The molecule has 3 nitrogen and oxygen atoms in total. The smallest absolute Gasteiger partial charge is 0.0542 e. The van der Waals surface area contributed by atoms with Crippen molar-refractivity contribution < 1.29 is 0 Å². The van der Waals surface area contributed by atoms with E-state index in [1.807, 2.05) is 6.21 Å². The Balaban J connectivity index is 1.54. The SMILES string of the molecule is CC(C)c1ccc(/C=N\N2CCN(c3ccccc3)CC2)cc1. The van der Waals surface area contributed by atoms with Crippen molar-refractivity contribution in [3.8, 4) is 0 Å². The van der Waals surface area contributed by atoms with Gasteiger partial charge in [0.2, 0.25) is 0 Å². The van der Waals surface area contributed by atoms with Crippen LogP contribution in [-0.4, -0.2) is 37.4 Å². The first-order chi connectivity index (χ1) is 11.2. The molecule has 1 aliphatic heterocycles. The van der Waals surface area contributed by atoms with Crippen molar-refractivity contribution in [3.63, 3.8) is 0 Å². The van der Waals surface area contributed by atoms with E-state index in [9.17, 15) is 0 Å². The van der Waals surface area contributed by atoms with Crippen molar-refractivity contribution in [1.82, 2.24) is 5.01 Å². The molecule has 0 saturated carbocycles. The molecule has 0 atom stereocenters. The van der Waals surface area contributed by atoms with Gasteiger partial charge in [-0.25, -0.2) is 0 Å². The maximum Gasteiger partial charge on any atom is 0.0542 e. The minimum absolute atomic E-state index is 0.576. The van der Waals surface area contributed by atoms with Gasteiger partial charge in [0.1, 0.15) is 0 Å². The third-order valence-electron chi connectivity index (χ3n) is 4.35. The molecule has 0 amide bonds. The fourth-order valence-corrected chi connectivity index (χ4v) is 2.82. The van der Waals surface area contributed by atoms with E-state index in [0.717, 1.165) is 26.2 Å². The summed E-state index contributed by atoms with van der Waals surface area (Å²) >= 11 is 0. The summed E-state index contributed by atoms with van der Waals surface area (Å²) in [5, 5.41) is 6.80. The topological polar surface area (TPSA) is 18.8 Å². The third-order valence-corrected chi connectivity index (χ3v) is 4.35. The van der Waals surface area contributed by atoms with Crippen LogP contribution >= 0.6 is 0 Å². The number of hydrazone groups is 1. The minimum atomic E-state index is 0.576. The van der Waals surface area contributed by atoms with Gasteiger partial charge in [0.05, 0.1) is 19.3 Å². The number of anilines is 1. The Kier molecular flexibility index (Phi) is 4.96. The van der Waals surface area contributed by atoms with Crippen LogP contribution in [0.4, 0.5) is 5.69 Å². The highest BCUT2D eigenvalue weighted by atomic mass is 15.5. The summed E-state index contributed by atoms with van der Waals surface area (Å²) in [4.78, 5) is 2.42. The molecule has 0 aromatic heterocycles. The molecule has 1 heterocycles. The van der Waals surface area contributed by atoms with Gasteiger partial charge in [0.15, 0.2) is 0 Å². The predicted molar refractivity (Wildman–Crippen MR) is 98.4 cm³/mol. The zero-order valence-corrected chi connectivity index (χ0v) is 14.0. The monoisotopic (exact) mass is 307 g/mol. The van der Waals surface area contributed by atoms with Crippen molar-refractivity contribution in [2.75, 3.05) is 31.1 Å². The first kappa shape index (κ1) is 15.6. The van der Waals surface area contributed by atoms with Gasteiger partial charge in [0, 0.05) is 18.8 Å². The predicted octanol–water partition coefficient (Wildman–Crippen LogP) is 3.97. The van der Waals surface area contributed by atoms with Crippen LogP contribution < -0.4 is 4.90 Å². The van der Waals surface area contributed by atoms with Gasteiger partial charge in [-0.15, -0.1) is 0 Å². The lowest BCUT2D eigenvalue weighted by Gasteiger charge is -2.34. The molecule has 1 aliphatic rings. The molecule has 120 valence electrons. The summed E-state index contributed by atoms with van der Waals surface area (Å²) in [7, 11) is 0. The number of hydrogen-bond donors (Lipinski definition) is 0.